The van der Waals surface area contributed by atoms with Crippen LogP contribution < -0.4 is 9.80 Å². The molecule has 2 aliphatic carbocycles. The van der Waals surface area contributed by atoms with Crippen LogP contribution in [0.25, 0.3) is 22.3 Å². The van der Waals surface area contributed by atoms with E-state index in [1.807, 2.05) is 12.4 Å². The van der Waals surface area contributed by atoms with Gasteiger partial charge in [-0.2, -0.15) is 5.10 Å². The highest BCUT2D eigenvalue weighted by molar-refractivity contribution is 5.90. The monoisotopic (exact) mass is 830 g/mol. The summed E-state index contributed by atoms with van der Waals surface area (Å²) in [6.07, 6.45) is 3.85. The first-order valence-corrected chi connectivity index (χ1v) is 22.8. The van der Waals surface area contributed by atoms with Gasteiger partial charge >= 0.3 is 0 Å². The minimum Gasteiger partial charge on any atom is -0.354 e. The smallest absolute Gasteiger partial charge is 0.154 e. The number of aromatic amines is 1. The number of benzene rings is 5. The normalized spacial score (nSPS) is 16.1. The Balaban J connectivity index is 1.26. The largest absolute Gasteiger partial charge is 0.354 e. The molecule has 0 saturated carbocycles. The predicted octanol–water partition coefficient (Wildman–Crippen LogP) is 13.5. The molecule has 3 aliphatic rings. The Morgan fingerprint density at radius 1 is 0.492 bits per heavy atom. The third-order valence-corrected chi connectivity index (χ3v) is 14.5. The van der Waals surface area contributed by atoms with Crippen molar-refractivity contribution in [1.29, 1.82) is 0 Å². The number of rotatable bonds is 4. The zero-order valence-electron chi connectivity index (χ0n) is 39.6. The van der Waals surface area contributed by atoms with Gasteiger partial charge in [0.2, 0.25) is 0 Å². The Labute approximate surface area is 375 Å². The molecule has 2 aromatic heterocycles. The molecule has 0 amide bonds. The number of fused-ring (bicyclic) bond motifs is 7. The second-order valence-corrected chi connectivity index (χ2v) is 22.7. The average Bonchev–Trinajstić information content (AvgIpc) is 4.01. The number of anilines is 2. The number of H-pyrrole nitrogens is 1. The molecule has 5 heteroatoms. The molecule has 10 rings (SSSR count). The van der Waals surface area contributed by atoms with Crippen LogP contribution >= 0.6 is 0 Å². The lowest BCUT2D eigenvalue weighted by Crippen LogP contribution is -2.48. The Bertz CT molecular complexity index is 2800. The third kappa shape index (κ3) is 5.94. The lowest BCUT2D eigenvalue weighted by atomic mass is 9.68. The maximum Gasteiger partial charge on any atom is 0.154 e. The molecular weight excluding hydrogens is 767 g/mol. The lowest BCUT2D eigenvalue weighted by Gasteiger charge is -2.43. The minimum atomic E-state index is -0.667. The first kappa shape index (κ1) is 41.1. The number of nitrogens with zero attached hydrogens (tertiary/aromatic N) is 4. The second-order valence-electron chi connectivity index (χ2n) is 22.7. The maximum absolute atomic E-state index is 5.16. The van der Waals surface area contributed by atoms with Crippen LogP contribution in [0.2, 0.25) is 0 Å². The Hall–Kier alpha value is -5.94. The van der Waals surface area contributed by atoms with Crippen LogP contribution in [0.1, 0.15) is 144 Å². The van der Waals surface area contributed by atoms with Crippen molar-refractivity contribution in [3.05, 3.63) is 189 Å². The Morgan fingerprint density at radius 2 is 0.921 bits per heavy atom. The summed E-state index contributed by atoms with van der Waals surface area (Å²) in [7, 11) is 2.19. The molecule has 0 atom stereocenters. The van der Waals surface area contributed by atoms with Gasteiger partial charge in [0, 0.05) is 19.4 Å². The van der Waals surface area contributed by atoms with Gasteiger partial charge in [-0.15, -0.1) is 0 Å². The highest BCUT2D eigenvalue weighted by Crippen LogP contribution is 2.60. The number of hydrogen-bond acceptors (Lipinski definition) is 4. The summed E-state index contributed by atoms with van der Waals surface area (Å²) >= 11 is 0. The van der Waals surface area contributed by atoms with Gasteiger partial charge in [0.15, 0.2) is 5.82 Å². The average molecular weight is 830 g/mol. The summed E-state index contributed by atoms with van der Waals surface area (Å²) < 4.78 is 0. The first-order chi connectivity index (χ1) is 29.7. The van der Waals surface area contributed by atoms with E-state index >= 15 is 0 Å². The Kier molecular flexibility index (Phi) is 8.83. The summed E-state index contributed by atoms with van der Waals surface area (Å²) in [5, 5.41) is 8.14. The SMILES string of the molecule is CN1CN(C2(c3ccc(C4(c5ccn[nH]5)c5ccc(C(C)(C)C)cc5-c5cc(C(C)(C)C)ccc54)cc3)c3ccc(C(C)(C)C)cc3-c3cc(C(C)(C)C)ccc32)c2ncccc21. The van der Waals surface area contributed by atoms with Crippen molar-refractivity contribution in [2.45, 2.75) is 116 Å². The van der Waals surface area contributed by atoms with Gasteiger partial charge in [-0.1, -0.05) is 180 Å². The Morgan fingerprint density at radius 3 is 1.35 bits per heavy atom. The van der Waals surface area contributed by atoms with Crippen molar-refractivity contribution in [1.82, 2.24) is 15.2 Å². The summed E-state index contributed by atoms with van der Waals surface area (Å²) in [6.45, 7) is 28.5. The van der Waals surface area contributed by atoms with Crippen LogP contribution in [0.15, 0.2) is 128 Å². The van der Waals surface area contributed by atoms with Crippen LogP contribution in [0, 0.1) is 0 Å². The van der Waals surface area contributed by atoms with Crippen LogP contribution in [0.5, 0.6) is 0 Å². The number of pyridine rings is 1. The fourth-order valence-electron chi connectivity index (χ4n) is 11.0. The fraction of sp³-hybridized carbons (Fsp3) is 0.345. The second kappa shape index (κ2) is 13.5. The number of nitrogens with one attached hydrogen (secondary N) is 1. The highest BCUT2D eigenvalue weighted by atomic mass is 15.4. The van der Waals surface area contributed by atoms with Crippen molar-refractivity contribution in [2.75, 3.05) is 23.5 Å². The van der Waals surface area contributed by atoms with Gasteiger partial charge in [0.25, 0.3) is 0 Å². The van der Waals surface area contributed by atoms with Crippen molar-refractivity contribution in [3.8, 4) is 22.3 Å². The molecule has 0 bridgehead atoms. The van der Waals surface area contributed by atoms with Gasteiger partial charge < -0.3 is 9.80 Å². The van der Waals surface area contributed by atoms with E-state index in [9.17, 15) is 0 Å². The maximum atomic E-state index is 5.16. The number of hydrogen-bond donors (Lipinski definition) is 1. The number of aromatic nitrogens is 3. The molecule has 5 aromatic carbocycles. The fourth-order valence-corrected chi connectivity index (χ4v) is 11.0. The predicted molar refractivity (Wildman–Crippen MR) is 262 cm³/mol. The quantitative estimate of drug-likeness (QED) is 0.192. The molecule has 7 aromatic rings. The van der Waals surface area contributed by atoms with Gasteiger partial charge in [0.1, 0.15) is 5.54 Å². The minimum absolute atomic E-state index is 0.00168. The molecule has 63 heavy (non-hydrogen) atoms. The zero-order chi connectivity index (χ0) is 44.6. The van der Waals surface area contributed by atoms with Crippen molar-refractivity contribution >= 4 is 11.5 Å². The molecule has 0 fully saturated rings. The lowest BCUT2D eigenvalue weighted by molar-refractivity contribution is 0.571. The van der Waals surface area contributed by atoms with Crippen molar-refractivity contribution < 1.29 is 0 Å². The summed E-state index contributed by atoms with van der Waals surface area (Å²) in [5.74, 6) is 1.000. The topological polar surface area (TPSA) is 48.0 Å². The molecular formula is C58H63N5. The van der Waals surface area contributed by atoms with E-state index in [-0.39, 0.29) is 21.7 Å². The standard InChI is InChI=1S/C58H63N5/c1-53(2,3)38-20-24-46-42(31-38)43-32-39(54(4,5)6)21-25-47(43)57(46,51-28-30-60-61-51)36-16-18-37(19-17-36)58(63-35-62(13)50-15-14-29-59-52(50)63)48-26-22-40(55(7,8)9)33-44(48)45-34-41(56(10,11)12)23-27-49(45)58/h14-34H,35H2,1-13H3,(H,60,61). The summed E-state index contributed by atoms with van der Waals surface area (Å²) in [4.78, 5) is 10.1. The van der Waals surface area contributed by atoms with Crippen LogP contribution in [-0.4, -0.2) is 28.9 Å². The van der Waals surface area contributed by atoms with Crippen LogP contribution in [0.4, 0.5) is 11.5 Å². The van der Waals surface area contributed by atoms with Crippen molar-refractivity contribution in [3.63, 3.8) is 0 Å². The third-order valence-electron chi connectivity index (χ3n) is 14.5. The molecule has 0 saturated heterocycles. The van der Waals surface area contributed by atoms with Crippen LogP contribution in [0.3, 0.4) is 0 Å². The molecule has 1 N–H and O–H groups in total. The van der Waals surface area contributed by atoms with Gasteiger partial charge in [-0.3, -0.25) is 5.10 Å². The molecule has 0 spiro atoms. The van der Waals surface area contributed by atoms with Crippen LogP contribution in [-0.2, 0) is 32.6 Å². The molecule has 3 heterocycles. The zero-order valence-corrected chi connectivity index (χ0v) is 39.6. The summed E-state index contributed by atoms with van der Waals surface area (Å²) in [5.41, 5.74) is 19.0. The van der Waals surface area contributed by atoms with E-state index in [0.29, 0.717) is 6.67 Å². The highest BCUT2D eigenvalue weighted by Gasteiger charge is 2.54. The first-order valence-electron chi connectivity index (χ1n) is 22.8. The van der Waals surface area contributed by atoms with E-state index in [0.717, 1.165) is 17.2 Å². The van der Waals surface area contributed by atoms with E-state index in [1.165, 1.54) is 77.9 Å². The van der Waals surface area contributed by atoms with E-state index in [4.69, 9.17) is 4.98 Å². The van der Waals surface area contributed by atoms with E-state index in [1.54, 1.807) is 0 Å². The molecule has 1 aliphatic heterocycles. The van der Waals surface area contributed by atoms with Gasteiger partial charge in [-0.25, -0.2) is 4.98 Å². The van der Waals surface area contributed by atoms with E-state index < -0.39 is 11.0 Å². The van der Waals surface area contributed by atoms with Crippen molar-refractivity contribution in [2.24, 2.45) is 0 Å². The van der Waals surface area contributed by atoms with Gasteiger partial charge in [-0.05, 0) is 118 Å². The molecule has 0 unspecified atom stereocenters. The molecule has 0 radical (unpaired) electrons. The summed E-state index contributed by atoms with van der Waals surface area (Å²) in [6, 6.07) is 45.1. The van der Waals surface area contributed by atoms with Gasteiger partial charge in [0.05, 0.1) is 23.5 Å². The molecule has 5 nitrogen and oxygen atoms in total. The van der Waals surface area contributed by atoms with E-state index in [2.05, 4.69) is 225 Å². The molecule has 320 valence electrons.